The Morgan fingerprint density at radius 1 is 1.13 bits per heavy atom. The maximum absolute atomic E-state index is 13.0. The fourth-order valence-electron chi connectivity index (χ4n) is 3.81. The molecular weight excluding hydrogens is 400 g/mol. The fourth-order valence-corrected chi connectivity index (χ4v) is 3.81. The number of pyridine rings is 2. The van der Waals surface area contributed by atoms with Crippen LogP contribution < -0.4 is 19.9 Å². The van der Waals surface area contributed by atoms with Gasteiger partial charge in [-0.1, -0.05) is 0 Å². The van der Waals surface area contributed by atoms with Crippen molar-refractivity contribution in [3.8, 4) is 17.2 Å². The maximum atomic E-state index is 13.0. The molecule has 9 heteroatoms. The van der Waals surface area contributed by atoms with Crippen LogP contribution in [0.4, 0.5) is 5.82 Å². The molecule has 2 aromatic rings. The van der Waals surface area contributed by atoms with Crippen LogP contribution >= 0.6 is 0 Å². The molecule has 1 aliphatic carbocycles. The van der Waals surface area contributed by atoms with Gasteiger partial charge in [-0.15, -0.1) is 0 Å². The number of carbonyl (C=O) groups is 1. The number of hydrogen-bond donors (Lipinski definition) is 2. The van der Waals surface area contributed by atoms with E-state index in [0.717, 1.165) is 37.0 Å². The van der Waals surface area contributed by atoms with E-state index in [-0.39, 0.29) is 18.4 Å². The molecule has 4 rings (SSSR count). The third kappa shape index (κ3) is 4.66. The maximum Gasteiger partial charge on any atom is 0.272 e. The predicted molar refractivity (Wildman–Crippen MR) is 114 cm³/mol. The number of anilines is 1. The standard InChI is InChI=1S/C22H28N4O5/c1-29-17-10-20(23)25-11-15(17)14-3-7-26(8-4-14)21(27)16-9-18(30-2)19(12-24-16)31-13-22(28)5-6-22/h9-12,14,28H,3-8,13H2,1-2H3,(H2,23,25). The zero-order valence-corrected chi connectivity index (χ0v) is 17.8. The van der Waals surface area contributed by atoms with Crippen LogP contribution in [0.3, 0.4) is 0 Å². The highest BCUT2D eigenvalue weighted by atomic mass is 16.5. The molecule has 0 atom stereocenters. The van der Waals surface area contributed by atoms with Crippen LogP contribution in [-0.2, 0) is 0 Å². The summed E-state index contributed by atoms with van der Waals surface area (Å²) in [5.74, 6) is 2.10. The topological polar surface area (TPSA) is 120 Å². The second-order valence-corrected chi connectivity index (χ2v) is 8.15. The van der Waals surface area contributed by atoms with Crippen LogP contribution in [-0.4, -0.2) is 65.4 Å². The van der Waals surface area contributed by atoms with Gasteiger partial charge in [-0.05, 0) is 31.6 Å². The van der Waals surface area contributed by atoms with Crippen molar-refractivity contribution in [2.45, 2.75) is 37.2 Å². The van der Waals surface area contributed by atoms with Crippen molar-refractivity contribution in [1.82, 2.24) is 14.9 Å². The number of rotatable bonds is 7. The van der Waals surface area contributed by atoms with Gasteiger partial charge in [0.15, 0.2) is 11.5 Å². The lowest BCUT2D eigenvalue weighted by atomic mass is 9.89. The van der Waals surface area contributed by atoms with E-state index in [0.29, 0.717) is 36.1 Å². The average Bonchev–Trinajstić information content (AvgIpc) is 3.54. The zero-order valence-electron chi connectivity index (χ0n) is 17.8. The lowest BCUT2D eigenvalue weighted by molar-refractivity contribution is 0.0703. The number of nitrogens with zero attached hydrogens (tertiary/aromatic N) is 3. The molecule has 31 heavy (non-hydrogen) atoms. The molecule has 166 valence electrons. The lowest BCUT2D eigenvalue weighted by Gasteiger charge is -2.32. The van der Waals surface area contributed by atoms with Crippen molar-refractivity contribution in [3.63, 3.8) is 0 Å². The largest absolute Gasteiger partial charge is 0.496 e. The monoisotopic (exact) mass is 428 g/mol. The smallest absolute Gasteiger partial charge is 0.272 e. The fraction of sp³-hybridized carbons (Fsp3) is 0.500. The quantitative estimate of drug-likeness (QED) is 0.687. The Hall–Kier alpha value is -3.07. The summed E-state index contributed by atoms with van der Waals surface area (Å²) >= 11 is 0. The number of amides is 1. The summed E-state index contributed by atoms with van der Waals surface area (Å²) < 4.78 is 16.5. The van der Waals surface area contributed by atoms with Gasteiger partial charge >= 0.3 is 0 Å². The van der Waals surface area contributed by atoms with Gasteiger partial charge in [0, 0.05) is 37.0 Å². The minimum absolute atomic E-state index is 0.147. The third-order valence-corrected chi connectivity index (χ3v) is 5.95. The summed E-state index contributed by atoms with van der Waals surface area (Å²) in [7, 11) is 3.14. The van der Waals surface area contributed by atoms with Gasteiger partial charge < -0.3 is 30.0 Å². The molecule has 0 aromatic carbocycles. The Bertz CT molecular complexity index is 955. The number of ether oxygens (including phenoxy) is 3. The van der Waals surface area contributed by atoms with Crippen molar-refractivity contribution < 1.29 is 24.1 Å². The molecule has 0 unspecified atom stereocenters. The molecule has 3 N–H and O–H groups in total. The van der Waals surface area contributed by atoms with E-state index in [1.165, 1.54) is 13.3 Å². The van der Waals surface area contributed by atoms with E-state index < -0.39 is 5.60 Å². The van der Waals surface area contributed by atoms with E-state index in [4.69, 9.17) is 19.9 Å². The number of piperidine rings is 1. The summed E-state index contributed by atoms with van der Waals surface area (Å²) in [5, 5.41) is 9.95. The summed E-state index contributed by atoms with van der Waals surface area (Å²) in [5.41, 5.74) is 6.33. The minimum atomic E-state index is -0.744. The Morgan fingerprint density at radius 3 is 2.48 bits per heavy atom. The molecule has 9 nitrogen and oxygen atoms in total. The van der Waals surface area contributed by atoms with Crippen LogP contribution in [0.2, 0.25) is 0 Å². The van der Waals surface area contributed by atoms with Crippen LogP contribution in [0, 0.1) is 0 Å². The first kappa shape index (κ1) is 21.2. The van der Waals surface area contributed by atoms with Crippen molar-refractivity contribution >= 4 is 11.7 Å². The summed E-state index contributed by atoms with van der Waals surface area (Å²) in [4.78, 5) is 23.3. The number of nitrogens with two attached hydrogens (primary N) is 1. The number of methoxy groups -OCH3 is 2. The number of likely N-dealkylation sites (tertiary alicyclic amines) is 1. The third-order valence-electron chi connectivity index (χ3n) is 5.95. The second kappa shape index (κ2) is 8.58. The molecule has 0 radical (unpaired) electrons. The molecule has 0 spiro atoms. The van der Waals surface area contributed by atoms with E-state index >= 15 is 0 Å². The van der Waals surface area contributed by atoms with Gasteiger partial charge in [-0.2, -0.15) is 0 Å². The molecule has 3 heterocycles. The average molecular weight is 428 g/mol. The van der Waals surface area contributed by atoms with Crippen LogP contribution in [0.5, 0.6) is 17.2 Å². The molecular formula is C22H28N4O5. The highest BCUT2D eigenvalue weighted by Crippen LogP contribution is 2.37. The van der Waals surface area contributed by atoms with Crippen molar-refractivity contribution in [2.75, 3.05) is 39.6 Å². The first-order valence-electron chi connectivity index (χ1n) is 10.4. The number of carbonyl (C=O) groups excluding carboxylic acids is 1. The van der Waals surface area contributed by atoms with Crippen LogP contribution in [0.1, 0.15) is 47.7 Å². The Kier molecular flexibility index (Phi) is 5.86. The SMILES string of the molecule is COc1cc(C(=O)N2CCC(c3cnc(N)cc3OC)CC2)ncc1OCC1(O)CC1. The van der Waals surface area contributed by atoms with Gasteiger partial charge in [0.1, 0.15) is 23.9 Å². The molecule has 1 amide bonds. The number of hydrogen-bond acceptors (Lipinski definition) is 8. The molecule has 2 aromatic heterocycles. The van der Waals surface area contributed by atoms with E-state index in [2.05, 4.69) is 9.97 Å². The molecule has 1 saturated heterocycles. The van der Waals surface area contributed by atoms with E-state index in [1.807, 2.05) is 0 Å². The second-order valence-electron chi connectivity index (χ2n) is 8.15. The van der Waals surface area contributed by atoms with Gasteiger partial charge in [-0.25, -0.2) is 9.97 Å². The Morgan fingerprint density at radius 2 is 1.84 bits per heavy atom. The normalized spacial score (nSPS) is 17.8. The van der Waals surface area contributed by atoms with Crippen LogP contribution in [0.15, 0.2) is 24.5 Å². The molecule has 1 aliphatic heterocycles. The minimum Gasteiger partial charge on any atom is -0.496 e. The molecule has 1 saturated carbocycles. The predicted octanol–water partition coefficient (Wildman–Crippen LogP) is 2.00. The van der Waals surface area contributed by atoms with Crippen molar-refractivity contribution in [2.24, 2.45) is 0 Å². The van der Waals surface area contributed by atoms with Crippen LogP contribution in [0.25, 0.3) is 0 Å². The van der Waals surface area contributed by atoms with Gasteiger partial charge in [0.2, 0.25) is 0 Å². The first-order valence-corrected chi connectivity index (χ1v) is 10.4. The van der Waals surface area contributed by atoms with Crippen molar-refractivity contribution in [3.05, 3.63) is 35.8 Å². The molecule has 2 fully saturated rings. The highest BCUT2D eigenvalue weighted by Gasteiger charge is 2.41. The number of nitrogen functional groups attached to an aromatic ring is 1. The van der Waals surface area contributed by atoms with Crippen molar-refractivity contribution in [1.29, 1.82) is 0 Å². The molecule has 0 bridgehead atoms. The summed E-state index contributed by atoms with van der Waals surface area (Å²) in [6.07, 6.45) is 6.30. The summed E-state index contributed by atoms with van der Waals surface area (Å²) in [6.45, 7) is 1.40. The van der Waals surface area contributed by atoms with Gasteiger partial charge in [0.05, 0.1) is 26.0 Å². The van der Waals surface area contributed by atoms with Gasteiger partial charge in [-0.3, -0.25) is 4.79 Å². The molecule has 2 aliphatic rings. The van der Waals surface area contributed by atoms with E-state index in [1.54, 1.807) is 30.3 Å². The first-order chi connectivity index (χ1) is 14.9. The highest BCUT2D eigenvalue weighted by molar-refractivity contribution is 5.93. The Labute approximate surface area is 181 Å². The lowest BCUT2D eigenvalue weighted by Crippen LogP contribution is -2.38. The van der Waals surface area contributed by atoms with E-state index in [9.17, 15) is 9.90 Å². The number of aromatic nitrogens is 2. The summed E-state index contributed by atoms with van der Waals surface area (Å²) in [6, 6.07) is 3.32. The number of aliphatic hydroxyl groups is 1. The zero-order chi connectivity index (χ0) is 22.0. The Balaban J connectivity index is 1.40. The van der Waals surface area contributed by atoms with Gasteiger partial charge in [0.25, 0.3) is 5.91 Å².